The third-order valence-electron chi connectivity index (χ3n) is 5.28. The lowest BCUT2D eigenvalue weighted by molar-refractivity contribution is -0.384. The molecule has 0 unspecified atom stereocenters. The number of amides is 1. The molecule has 0 spiro atoms. The SMILES string of the molecule is CCOc1cc(/C=C(\C#N)C(=O)Nc2cccc([N+](=O)[O-])c2)cc(Br)c1OCc1ccc(C)c(C)c1. The Kier molecular flexibility index (Phi) is 8.81. The van der Waals surface area contributed by atoms with Crippen molar-refractivity contribution in [1.82, 2.24) is 0 Å². The summed E-state index contributed by atoms with van der Waals surface area (Å²) in [4.78, 5) is 23.1. The van der Waals surface area contributed by atoms with E-state index in [9.17, 15) is 20.2 Å². The van der Waals surface area contributed by atoms with Crippen molar-refractivity contribution in [3.8, 4) is 17.6 Å². The van der Waals surface area contributed by atoms with E-state index in [0.717, 1.165) is 5.56 Å². The molecule has 0 bridgehead atoms. The minimum atomic E-state index is -0.692. The molecule has 1 N–H and O–H groups in total. The van der Waals surface area contributed by atoms with E-state index >= 15 is 0 Å². The third-order valence-corrected chi connectivity index (χ3v) is 5.87. The van der Waals surface area contributed by atoms with Crippen LogP contribution in [-0.4, -0.2) is 17.4 Å². The van der Waals surface area contributed by atoms with Crippen molar-refractivity contribution in [3.63, 3.8) is 0 Å². The first-order chi connectivity index (χ1) is 17.2. The van der Waals surface area contributed by atoms with E-state index in [1.165, 1.54) is 41.5 Å². The number of carbonyl (C=O) groups excluding carboxylic acids is 1. The van der Waals surface area contributed by atoms with E-state index in [4.69, 9.17) is 9.47 Å². The molecule has 0 heterocycles. The maximum Gasteiger partial charge on any atom is 0.271 e. The highest BCUT2D eigenvalue weighted by Crippen LogP contribution is 2.38. The third kappa shape index (κ3) is 6.71. The maximum atomic E-state index is 12.7. The van der Waals surface area contributed by atoms with Gasteiger partial charge in [-0.3, -0.25) is 14.9 Å². The minimum absolute atomic E-state index is 0.169. The van der Waals surface area contributed by atoms with E-state index < -0.39 is 10.8 Å². The van der Waals surface area contributed by atoms with Gasteiger partial charge < -0.3 is 14.8 Å². The monoisotopic (exact) mass is 549 g/mol. The number of non-ortho nitro benzene ring substituents is 1. The fourth-order valence-corrected chi connectivity index (χ4v) is 3.91. The molecule has 1 amide bonds. The average molecular weight is 550 g/mol. The minimum Gasteiger partial charge on any atom is -0.490 e. The van der Waals surface area contributed by atoms with Gasteiger partial charge in [0.2, 0.25) is 0 Å². The Bertz CT molecular complexity index is 1380. The lowest BCUT2D eigenvalue weighted by Crippen LogP contribution is -2.13. The molecule has 3 rings (SSSR count). The second-order valence-corrected chi connectivity index (χ2v) is 8.76. The van der Waals surface area contributed by atoms with Crippen LogP contribution < -0.4 is 14.8 Å². The first kappa shape index (κ1) is 26.4. The highest BCUT2D eigenvalue weighted by Gasteiger charge is 2.16. The van der Waals surface area contributed by atoms with Gasteiger partial charge in [-0.2, -0.15) is 5.26 Å². The van der Waals surface area contributed by atoms with Gasteiger partial charge in [0.15, 0.2) is 11.5 Å². The van der Waals surface area contributed by atoms with Crippen LogP contribution in [0.4, 0.5) is 11.4 Å². The molecular formula is C27H24BrN3O5. The predicted molar refractivity (Wildman–Crippen MR) is 141 cm³/mol. The fraction of sp³-hybridized carbons (Fsp3) is 0.185. The summed E-state index contributed by atoms with van der Waals surface area (Å²) in [7, 11) is 0. The molecule has 184 valence electrons. The molecule has 8 nitrogen and oxygen atoms in total. The van der Waals surface area contributed by atoms with Gasteiger partial charge in [0.1, 0.15) is 18.2 Å². The highest BCUT2D eigenvalue weighted by atomic mass is 79.9. The Morgan fingerprint density at radius 1 is 1.14 bits per heavy atom. The zero-order chi connectivity index (χ0) is 26.2. The van der Waals surface area contributed by atoms with Crippen LogP contribution in [0.15, 0.2) is 64.6 Å². The molecule has 36 heavy (non-hydrogen) atoms. The van der Waals surface area contributed by atoms with Crippen LogP contribution in [0.1, 0.15) is 29.2 Å². The van der Waals surface area contributed by atoms with E-state index in [1.54, 1.807) is 12.1 Å². The Balaban J connectivity index is 1.85. The lowest BCUT2D eigenvalue weighted by Gasteiger charge is -2.15. The summed E-state index contributed by atoms with van der Waals surface area (Å²) < 4.78 is 12.4. The summed E-state index contributed by atoms with van der Waals surface area (Å²) in [6, 6.07) is 16.9. The van der Waals surface area contributed by atoms with Crippen molar-refractivity contribution >= 4 is 39.3 Å². The number of rotatable bonds is 9. The highest BCUT2D eigenvalue weighted by molar-refractivity contribution is 9.10. The van der Waals surface area contributed by atoms with E-state index in [-0.39, 0.29) is 16.9 Å². The van der Waals surface area contributed by atoms with Crippen LogP contribution >= 0.6 is 15.9 Å². The normalized spacial score (nSPS) is 10.9. The van der Waals surface area contributed by atoms with E-state index in [1.807, 2.05) is 32.0 Å². The quantitative estimate of drug-likeness (QED) is 0.141. The molecule has 0 aliphatic carbocycles. The smallest absolute Gasteiger partial charge is 0.271 e. The number of halogens is 1. The van der Waals surface area contributed by atoms with Crippen LogP contribution in [0.2, 0.25) is 0 Å². The number of aryl methyl sites for hydroxylation is 2. The van der Waals surface area contributed by atoms with E-state index in [2.05, 4.69) is 34.2 Å². The van der Waals surface area contributed by atoms with Gasteiger partial charge in [-0.25, -0.2) is 0 Å². The molecule has 0 atom stereocenters. The Hall–Kier alpha value is -4.16. The standard InChI is InChI=1S/C27H24BrN3O5/c1-4-35-25-13-20(12-24(28)26(25)36-16-19-9-8-17(2)18(3)10-19)11-21(15-29)27(32)30-22-6-5-7-23(14-22)31(33)34/h5-14H,4,16H2,1-3H3,(H,30,32)/b21-11+. The molecule has 0 aromatic heterocycles. The van der Waals surface area contributed by atoms with Crippen molar-refractivity contribution < 1.29 is 19.2 Å². The second kappa shape index (κ2) is 12.0. The zero-order valence-corrected chi connectivity index (χ0v) is 21.6. The van der Waals surface area contributed by atoms with Gasteiger partial charge in [0.05, 0.1) is 16.0 Å². The summed E-state index contributed by atoms with van der Waals surface area (Å²) in [6.07, 6.45) is 1.41. The van der Waals surface area contributed by atoms with Crippen LogP contribution in [0.5, 0.6) is 11.5 Å². The summed E-state index contributed by atoms with van der Waals surface area (Å²) in [5.74, 6) is 0.271. The lowest BCUT2D eigenvalue weighted by atomic mass is 10.1. The van der Waals surface area contributed by atoms with Crippen LogP contribution in [0.25, 0.3) is 6.08 Å². The van der Waals surface area contributed by atoms with Crippen molar-refractivity contribution in [2.24, 2.45) is 0 Å². The van der Waals surface area contributed by atoms with Gasteiger partial charge >= 0.3 is 0 Å². The average Bonchev–Trinajstić information content (AvgIpc) is 2.84. The Morgan fingerprint density at radius 2 is 1.92 bits per heavy atom. The van der Waals surface area contributed by atoms with Crippen molar-refractivity contribution in [2.75, 3.05) is 11.9 Å². The number of hydrogen-bond donors (Lipinski definition) is 1. The largest absolute Gasteiger partial charge is 0.490 e. The molecule has 9 heteroatoms. The molecular weight excluding hydrogens is 526 g/mol. The molecule has 0 saturated carbocycles. The molecule has 0 aliphatic rings. The number of hydrogen-bond acceptors (Lipinski definition) is 6. The molecule has 3 aromatic carbocycles. The number of nitriles is 1. The molecule has 0 fully saturated rings. The molecule has 0 aliphatic heterocycles. The van der Waals surface area contributed by atoms with Gasteiger partial charge in [-0.1, -0.05) is 24.3 Å². The second-order valence-electron chi connectivity index (χ2n) is 7.90. The number of anilines is 1. The summed E-state index contributed by atoms with van der Waals surface area (Å²) >= 11 is 3.51. The number of carbonyl (C=O) groups is 1. The van der Waals surface area contributed by atoms with Crippen molar-refractivity contribution in [1.29, 1.82) is 5.26 Å². The van der Waals surface area contributed by atoms with Gasteiger partial charge in [-0.05, 0) is 83.2 Å². The van der Waals surface area contributed by atoms with Crippen LogP contribution in [-0.2, 0) is 11.4 Å². The topological polar surface area (TPSA) is 114 Å². The predicted octanol–water partition coefficient (Wildman–Crippen LogP) is 6.50. The first-order valence-corrected chi connectivity index (χ1v) is 11.8. The summed E-state index contributed by atoms with van der Waals surface area (Å²) in [5.41, 5.74) is 3.79. The Labute approximate surface area is 217 Å². The van der Waals surface area contributed by atoms with Crippen LogP contribution in [0, 0.1) is 35.3 Å². The summed E-state index contributed by atoms with van der Waals surface area (Å²) in [5, 5.41) is 23.1. The fourth-order valence-electron chi connectivity index (χ4n) is 3.33. The van der Waals surface area contributed by atoms with Crippen molar-refractivity contribution in [2.45, 2.75) is 27.4 Å². The number of benzene rings is 3. The maximum absolute atomic E-state index is 12.7. The van der Waals surface area contributed by atoms with Crippen LogP contribution in [0.3, 0.4) is 0 Å². The Morgan fingerprint density at radius 3 is 2.58 bits per heavy atom. The first-order valence-electron chi connectivity index (χ1n) is 11.0. The number of nitro benzene ring substituents is 1. The molecule has 3 aromatic rings. The number of nitro groups is 1. The van der Waals surface area contributed by atoms with Gasteiger partial charge in [-0.15, -0.1) is 0 Å². The van der Waals surface area contributed by atoms with Gasteiger partial charge in [0.25, 0.3) is 11.6 Å². The number of ether oxygens (including phenoxy) is 2. The summed E-state index contributed by atoms with van der Waals surface area (Å²) in [6.45, 7) is 6.66. The molecule has 0 saturated heterocycles. The number of nitrogens with one attached hydrogen (secondary N) is 1. The zero-order valence-electron chi connectivity index (χ0n) is 20.0. The molecule has 0 radical (unpaired) electrons. The van der Waals surface area contributed by atoms with Gasteiger partial charge in [0, 0.05) is 17.8 Å². The number of nitrogens with zero attached hydrogens (tertiary/aromatic N) is 2. The van der Waals surface area contributed by atoms with Crippen molar-refractivity contribution in [3.05, 3.63) is 97.0 Å². The van der Waals surface area contributed by atoms with E-state index in [0.29, 0.717) is 34.7 Å².